The minimum absolute atomic E-state index is 0.0360. The summed E-state index contributed by atoms with van der Waals surface area (Å²) in [4.78, 5) is 4.01. The zero-order chi connectivity index (χ0) is 12.6. The van der Waals surface area contributed by atoms with E-state index in [0.29, 0.717) is 10.8 Å². The number of rotatable bonds is 2. The zero-order valence-electron chi connectivity index (χ0n) is 9.96. The molecule has 17 heavy (non-hydrogen) atoms. The highest BCUT2D eigenvalue weighted by Gasteiger charge is 2.34. The van der Waals surface area contributed by atoms with Crippen LogP contribution in [0.15, 0.2) is 10.4 Å². The molecule has 0 amide bonds. The van der Waals surface area contributed by atoms with E-state index in [1.165, 1.54) is 17.5 Å². The molecule has 1 aromatic rings. The molecule has 0 saturated carbocycles. The van der Waals surface area contributed by atoms with E-state index >= 15 is 0 Å². The van der Waals surface area contributed by atoms with Crippen molar-refractivity contribution >= 4 is 21.4 Å². The summed E-state index contributed by atoms with van der Waals surface area (Å²) in [5.41, 5.74) is 5.84. The third kappa shape index (κ3) is 2.52. The van der Waals surface area contributed by atoms with Gasteiger partial charge in [0.05, 0.1) is 11.2 Å². The second kappa shape index (κ2) is 4.64. The molecule has 1 fully saturated rings. The Bertz CT molecular complexity index is 497. The molecule has 1 saturated heterocycles. The standard InChI is InChI=1S/C10H17N3O2S2/c1-7-5-9(11)3-4-13(7)17(14,15)10-6-12-8(2)16-10/h6-7,9H,3-5,11H2,1-2H3. The summed E-state index contributed by atoms with van der Waals surface area (Å²) in [6, 6.07) is 0.0748. The highest BCUT2D eigenvalue weighted by atomic mass is 32.2. The first kappa shape index (κ1) is 12.9. The summed E-state index contributed by atoms with van der Waals surface area (Å²) in [5, 5.41) is 0.768. The van der Waals surface area contributed by atoms with Crippen molar-refractivity contribution in [3.05, 3.63) is 11.2 Å². The second-order valence-corrected chi connectivity index (χ2v) is 7.80. The number of hydrogen-bond acceptors (Lipinski definition) is 5. The van der Waals surface area contributed by atoms with Crippen LogP contribution in [0.5, 0.6) is 0 Å². The first-order valence-corrected chi connectivity index (χ1v) is 7.87. The van der Waals surface area contributed by atoms with Crippen molar-refractivity contribution in [1.29, 1.82) is 0 Å². The van der Waals surface area contributed by atoms with Gasteiger partial charge in [-0.15, -0.1) is 11.3 Å². The molecule has 2 unspecified atom stereocenters. The van der Waals surface area contributed by atoms with Gasteiger partial charge in [-0.2, -0.15) is 4.31 Å². The number of hydrogen-bond donors (Lipinski definition) is 1. The molecule has 1 aliphatic rings. The number of sulfonamides is 1. The maximum absolute atomic E-state index is 12.4. The van der Waals surface area contributed by atoms with E-state index in [4.69, 9.17) is 5.73 Å². The molecular weight excluding hydrogens is 258 g/mol. The smallest absolute Gasteiger partial charge is 0.254 e. The molecule has 0 aromatic carbocycles. The minimum atomic E-state index is -3.38. The molecule has 2 N–H and O–H groups in total. The topological polar surface area (TPSA) is 76.3 Å². The monoisotopic (exact) mass is 275 g/mol. The van der Waals surface area contributed by atoms with Crippen molar-refractivity contribution in [2.45, 2.75) is 43.0 Å². The van der Waals surface area contributed by atoms with E-state index in [-0.39, 0.29) is 12.1 Å². The number of nitrogens with two attached hydrogens (primary N) is 1. The van der Waals surface area contributed by atoms with Crippen LogP contribution in [-0.4, -0.2) is 36.3 Å². The summed E-state index contributed by atoms with van der Waals surface area (Å²) in [7, 11) is -3.38. The maximum Gasteiger partial charge on any atom is 0.254 e. The van der Waals surface area contributed by atoms with Gasteiger partial charge in [0.15, 0.2) is 4.21 Å². The van der Waals surface area contributed by atoms with Gasteiger partial charge >= 0.3 is 0 Å². The number of aromatic nitrogens is 1. The lowest BCUT2D eigenvalue weighted by Gasteiger charge is -2.34. The van der Waals surface area contributed by atoms with Gasteiger partial charge in [-0.05, 0) is 26.7 Å². The van der Waals surface area contributed by atoms with Crippen LogP contribution in [-0.2, 0) is 10.0 Å². The van der Waals surface area contributed by atoms with Gasteiger partial charge in [0, 0.05) is 18.6 Å². The van der Waals surface area contributed by atoms with Crippen molar-refractivity contribution in [2.75, 3.05) is 6.54 Å². The zero-order valence-corrected chi connectivity index (χ0v) is 11.6. The molecule has 0 radical (unpaired) electrons. The van der Waals surface area contributed by atoms with E-state index in [1.807, 2.05) is 6.92 Å². The normalized spacial score (nSPS) is 27.2. The number of nitrogens with zero attached hydrogens (tertiary/aromatic N) is 2. The van der Waals surface area contributed by atoms with E-state index < -0.39 is 10.0 Å². The van der Waals surface area contributed by atoms with Crippen LogP contribution < -0.4 is 5.73 Å². The maximum atomic E-state index is 12.4. The summed E-state index contributed by atoms with van der Waals surface area (Å²) in [5.74, 6) is 0. The van der Waals surface area contributed by atoms with Crippen molar-refractivity contribution < 1.29 is 8.42 Å². The predicted octanol–water partition coefficient (Wildman–Crippen LogP) is 0.952. The van der Waals surface area contributed by atoms with Gasteiger partial charge in [0.25, 0.3) is 10.0 Å². The molecule has 5 nitrogen and oxygen atoms in total. The van der Waals surface area contributed by atoms with E-state index in [9.17, 15) is 8.42 Å². The van der Waals surface area contributed by atoms with Gasteiger partial charge in [0.2, 0.25) is 0 Å². The fourth-order valence-electron chi connectivity index (χ4n) is 2.12. The lowest BCUT2D eigenvalue weighted by molar-refractivity contribution is 0.247. The summed E-state index contributed by atoms with van der Waals surface area (Å²) < 4.78 is 26.6. The highest BCUT2D eigenvalue weighted by Crippen LogP contribution is 2.27. The summed E-state index contributed by atoms with van der Waals surface area (Å²) in [6.07, 6.45) is 2.88. The third-order valence-electron chi connectivity index (χ3n) is 3.02. The molecule has 2 rings (SSSR count). The van der Waals surface area contributed by atoms with E-state index in [1.54, 1.807) is 11.2 Å². The third-order valence-corrected chi connectivity index (χ3v) is 6.38. The molecule has 0 spiro atoms. The van der Waals surface area contributed by atoms with Crippen molar-refractivity contribution in [1.82, 2.24) is 9.29 Å². The van der Waals surface area contributed by atoms with Crippen LogP contribution in [0.1, 0.15) is 24.8 Å². The Hall–Kier alpha value is -0.500. The molecule has 1 aromatic heterocycles. The fourth-order valence-corrected chi connectivity index (χ4v) is 5.02. The van der Waals surface area contributed by atoms with Gasteiger partial charge in [-0.25, -0.2) is 13.4 Å². The Kier molecular flexibility index (Phi) is 3.53. The van der Waals surface area contributed by atoms with Crippen molar-refractivity contribution in [3.8, 4) is 0 Å². The molecule has 2 atom stereocenters. The second-order valence-electron chi connectivity index (χ2n) is 4.45. The Labute approximate surface area is 106 Å². The number of aryl methyl sites for hydroxylation is 1. The van der Waals surface area contributed by atoms with Crippen molar-refractivity contribution in [3.63, 3.8) is 0 Å². The van der Waals surface area contributed by atoms with Gasteiger partial charge < -0.3 is 5.73 Å². The molecule has 1 aliphatic heterocycles. The quantitative estimate of drug-likeness (QED) is 0.872. The van der Waals surface area contributed by atoms with Crippen LogP contribution in [0, 0.1) is 6.92 Å². The minimum Gasteiger partial charge on any atom is -0.328 e. The largest absolute Gasteiger partial charge is 0.328 e. The average Bonchev–Trinajstić information content (AvgIpc) is 2.64. The Morgan fingerprint density at radius 3 is 2.82 bits per heavy atom. The van der Waals surface area contributed by atoms with Gasteiger partial charge in [0.1, 0.15) is 0 Å². The molecule has 2 heterocycles. The van der Waals surface area contributed by atoms with Crippen LogP contribution in [0.3, 0.4) is 0 Å². The first-order valence-electron chi connectivity index (χ1n) is 5.61. The molecular formula is C10H17N3O2S2. The molecule has 96 valence electrons. The van der Waals surface area contributed by atoms with E-state index in [0.717, 1.165) is 17.8 Å². The Morgan fingerprint density at radius 1 is 1.59 bits per heavy atom. The van der Waals surface area contributed by atoms with Gasteiger partial charge in [-0.1, -0.05) is 0 Å². The highest BCUT2D eigenvalue weighted by molar-refractivity contribution is 7.91. The van der Waals surface area contributed by atoms with Crippen LogP contribution in [0.4, 0.5) is 0 Å². The SMILES string of the molecule is Cc1ncc(S(=O)(=O)N2CCC(N)CC2C)s1. The molecule has 7 heteroatoms. The number of thiazole rings is 1. The first-order chi connectivity index (χ1) is 7.91. The van der Waals surface area contributed by atoms with Crippen LogP contribution in [0.2, 0.25) is 0 Å². The fraction of sp³-hybridized carbons (Fsp3) is 0.700. The van der Waals surface area contributed by atoms with Crippen molar-refractivity contribution in [2.24, 2.45) is 5.73 Å². The molecule has 0 bridgehead atoms. The summed E-state index contributed by atoms with van der Waals surface area (Å²) in [6.45, 7) is 4.21. The van der Waals surface area contributed by atoms with Crippen LogP contribution >= 0.6 is 11.3 Å². The van der Waals surface area contributed by atoms with Crippen LogP contribution in [0.25, 0.3) is 0 Å². The predicted molar refractivity (Wildman–Crippen MR) is 67.4 cm³/mol. The lowest BCUT2D eigenvalue weighted by Crippen LogP contribution is -2.48. The van der Waals surface area contributed by atoms with E-state index in [2.05, 4.69) is 4.98 Å². The summed E-state index contributed by atoms with van der Waals surface area (Å²) >= 11 is 1.22. The molecule has 0 aliphatic carbocycles. The number of piperidine rings is 1. The van der Waals surface area contributed by atoms with Gasteiger partial charge in [-0.3, -0.25) is 0 Å². The Morgan fingerprint density at radius 2 is 2.29 bits per heavy atom. The Balaban J connectivity index is 2.27. The average molecular weight is 275 g/mol. The lowest BCUT2D eigenvalue weighted by atomic mass is 10.0.